The van der Waals surface area contributed by atoms with Gasteiger partial charge in [-0.3, -0.25) is 10.1 Å². The van der Waals surface area contributed by atoms with Crippen molar-refractivity contribution in [2.24, 2.45) is 0 Å². The van der Waals surface area contributed by atoms with Crippen molar-refractivity contribution in [3.05, 3.63) is 39.3 Å². The van der Waals surface area contributed by atoms with Crippen LogP contribution in [0.3, 0.4) is 0 Å². The van der Waals surface area contributed by atoms with Crippen LogP contribution in [-0.2, 0) is 11.2 Å². The number of rotatable bonds is 4. The van der Waals surface area contributed by atoms with Gasteiger partial charge in [0, 0.05) is 47.3 Å². The van der Waals surface area contributed by atoms with Crippen molar-refractivity contribution in [1.29, 1.82) is 0 Å². The first-order valence-electron chi connectivity index (χ1n) is 8.34. The maximum absolute atomic E-state index is 12.3. The Hall–Kier alpha value is -1.87. The molecule has 0 spiro atoms. The first-order valence-corrected chi connectivity index (χ1v) is 9.97. The Morgan fingerprint density at radius 2 is 1.78 bits per heavy atom. The lowest BCUT2D eigenvalue weighted by Crippen LogP contribution is -2.48. The molecular formula is C17H19Cl2N5O2S. The molecule has 1 fully saturated rings. The van der Waals surface area contributed by atoms with E-state index in [1.54, 1.807) is 28.5 Å². The standard InChI is InChI=1S/C17H19Cl2N5O2S/c1-23-2-4-24(5-3-23)17(26)22-16-21-14(10-27-16)9-15(25)20-13-7-11(18)6-12(19)8-13/h6-8,10H,2-5,9H2,1H3,(H,20,25)(H,21,22,26). The molecule has 0 aliphatic carbocycles. The minimum absolute atomic E-state index is 0.0883. The molecule has 2 heterocycles. The number of piperazine rings is 1. The third kappa shape index (κ3) is 5.80. The van der Waals surface area contributed by atoms with E-state index in [1.165, 1.54) is 11.3 Å². The molecule has 1 aromatic carbocycles. The summed E-state index contributed by atoms with van der Waals surface area (Å²) in [5.41, 5.74) is 1.11. The number of thiazole rings is 1. The second kappa shape index (κ2) is 8.88. The number of carbonyl (C=O) groups is 2. The van der Waals surface area contributed by atoms with Crippen LogP contribution < -0.4 is 10.6 Å². The summed E-state index contributed by atoms with van der Waals surface area (Å²) in [4.78, 5) is 32.7. The van der Waals surface area contributed by atoms with E-state index < -0.39 is 0 Å². The topological polar surface area (TPSA) is 77.6 Å². The fourth-order valence-corrected chi connectivity index (χ4v) is 3.85. The summed E-state index contributed by atoms with van der Waals surface area (Å²) in [7, 11) is 2.03. The smallest absolute Gasteiger partial charge is 0.323 e. The van der Waals surface area contributed by atoms with Gasteiger partial charge in [0.2, 0.25) is 5.91 Å². The molecule has 1 saturated heterocycles. The average molecular weight is 428 g/mol. The van der Waals surface area contributed by atoms with Crippen LogP contribution >= 0.6 is 34.5 Å². The molecule has 0 radical (unpaired) electrons. The average Bonchev–Trinajstić information content (AvgIpc) is 3.01. The number of aromatic nitrogens is 1. The minimum Gasteiger partial charge on any atom is -0.326 e. The predicted molar refractivity (Wildman–Crippen MR) is 109 cm³/mol. The number of halogens is 2. The third-order valence-electron chi connectivity index (χ3n) is 4.04. The Balaban J connectivity index is 1.52. The molecule has 2 aromatic rings. The highest BCUT2D eigenvalue weighted by Crippen LogP contribution is 2.23. The molecule has 1 aromatic heterocycles. The molecular weight excluding hydrogens is 409 g/mol. The Kier molecular flexibility index (Phi) is 6.54. The summed E-state index contributed by atoms with van der Waals surface area (Å²) in [6.45, 7) is 3.07. The highest BCUT2D eigenvalue weighted by molar-refractivity contribution is 7.13. The van der Waals surface area contributed by atoms with Gasteiger partial charge in [0.15, 0.2) is 5.13 Å². The molecule has 3 rings (SSSR count). The number of urea groups is 1. The predicted octanol–water partition coefficient (Wildman–Crippen LogP) is 3.41. The number of hydrogen-bond donors (Lipinski definition) is 2. The number of benzene rings is 1. The van der Waals surface area contributed by atoms with Crippen molar-refractivity contribution in [2.45, 2.75) is 6.42 Å². The van der Waals surface area contributed by atoms with E-state index in [1.807, 2.05) is 7.05 Å². The lowest BCUT2D eigenvalue weighted by molar-refractivity contribution is -0.115. The van der Waals surface area contributed by atoms with E-state index >= 15 is 0 Å². The number of nitrogens with zero attached hydrogens (tertiary/aromatic N) is 3. The van der Waals surface area contributed by atoms with E-state index in [4.69, 9.17) is 23.2 Å². The molecule has 144 valence electrons. The van der Waals surface area contributed by atoms with Crippen LogP contribution in [0, 0.1) is 0 Å². The maximum Gasteiger partial charge on any atom is 0.323 e. The van der Waals surface area contributed by atoms with Gasteiger partial charge in [-0.25, -0.2) is 9.78 Å². The van der Waals surface area contributed by atoms with E-state index in [2.05, 4.69) is 20.5 Å². The van der Waals surface area contributed by atoms with Crippen molar-refractivity contribution >= 4 is 57.3 Å². The largest absolute Gasteiger partial charge is 0.326 e. The zero-order valence-corrected chi connectivity index (χ0v) is 17.0. The summed E-state index contributed by atoms with van der Waals surface area (Å²) in [5, 5.41) is 8.65. The number of likely N-dealkylation sites (N-methyl/N-ethyl adjacent to an activating group) is 1. The van der Waals surface area contributed by atoms with E-state index in [-0.39, 0.29) is 18.4 Å². The van der Waals surface area contributed by atoms with Crippen LogP contribution in [0.1, 0.15) is 5.69 Å². The Labute approximate surface area is 171 Å². The minimum atomic E-state index is -0.240. The normalized spacial score (nSPS) is 14.9. The van der Waals surface area contributed by atoms with Crippen LogP contribution in [-0.4, -0.2) is 59.9 Å². The molecule has 7 nitrogen and oxygen atoms in total. The third-order valence-corrected chi connectivity index (χ3v) is 5.29. The summed E-state index contributed by atoms with van der Waals surface area (Å²) < 4.78 is 0. The van der Waals surface area contributed by atoms with Gasteiger partial charge in [-0.05, 0) is 25.2 Å². The maximum atomic E-state index is 12.3. The van der Waals surface area contributed by atoms with Crippen molar-refractivity contribution in [3.63, 3.8) is 0 Å². The monoisotopic (exact) mass is 427 g/mol. The van der Waals surface area contributed by atoms with Crippen LogP contribution in [0.4, 0.5) is 15.6 Å². The quantitative estimate of drug-likeness (QED) is 0.783. The first-order chi connectivity index (χ1) is 12.9. The van der Waals surface area contributed by atoms with E-state index in [0.717, 1.165) is 13.1 Å². The van der Waals surface area contributed by atoms with E-state index in [9.17, 15) is 9.59 Å². The van der Waals surface area contributed by atoms with Gasteiger partial charge in [0.1, 0.15) is 0 Å². The Morgan fingerprint density at radius 3 is 2.44 bits per heavy atom. The number of carbonyl (C=O) groups excluding carboxylic acids is 2. The number of anilines is 2. The van der Waals surface area contributed by atoms with Crippen molar-refractivity contribution in [1.82, 2.24) is 14.8 Å². The van der Waals surface area contributed by atoms with Crippen LogP contribution in [0.5, 0.6) is 0 Å². The van der Waals surface area contributed by atoms with Gasteiger partial charge in [-0.1, -0.05) is 23.2 Å². The van der Waals surface area contributed by atoms with Crippen molar-refractivity contribution in [2.75, 3.05) is 43.9 Å². The number of amides is 3. The molecule has 0 atom stereocenters. The van der Waals surface area contributed by atoms with Gasteiger partial charge < -0.3 is 15.1 Å². The molecule has 1 aliphatic heterocycles. The molecule has 0 bridgehead atoms. The van der Waals surface area contributed by atoms with Crippen LogP contribution in [0.15, 0.2) is 23.6 Å². The molecule has 10 heteroatoms. The fourth-order valence-electron chi connectivity index (χ4n) is 2.62. The molecule has 3 amide bonds. The second-order valence-electron chi connectivity index (χ2n) is 6.25. The van der Waals surface area contributed by atoms with Gasteiger partial charge in [0.25, 0.3) is 0 Å². The number of nitrogens with one attached hydrogen (secondary N) is 2. The summed E-state index contributed by atoms with van der Waals surface area (Å²) in [6, 6.07) is 4.67. The molecule has 2 N–H and O–H groups in total. The zero-order chi connectivity index (χ0) is 19.4. The second-order valence-corrected chi connectivity index (χ2v) is 7.98. The SMILES string of the molecule is CN1CCN(C(=O)Nc2nc(CC(=O)Nc3cc(Cl)cc(Cl)c3)cs2)CC1. The molecule has 1 aliphatic rings. The lowest BCUT2D eigenvalue weighted by atomic mass is 10.3. The molecule has 0 saturated carbocycles. The fraction of sp³-hybridized carbons (Fsp3) is 0.353. The summed E-state index contributed by atoms with van der Waals surface area (Å²) in [6.07, 6.45) is 0.0883. The van der Waals surface area contributed by atoms with Gasteiger partial charge in [-0.15, -0.1) is 11.3 Å². The number of hydrogen-bond acceptors (Lipinski definition) is 5. The van der Waals surface area contributed by atoms with E-state index in [0.29, 0.717) is 39.6 Å². The van der Waals surface area contributed by atoms with Crippen LogP contribution in [0.2, 0.25) is 10.0 Å². The van der Waals surface area contributed by atoms with Crippen LogP contribution in [0.25, 0.3) is 0 Å². The first kappa shape index (κ1) is 19.9. The van der Waals surface area contributed by atoms with Gasteiger partial charge in [0.05, 0.1) is 12.1 Å². The summed E-state index contributed by atoms with van der Waals surface area (Å²) in [5.74, 6) is -0.240. The summed E-state index contributed by atoms with van der Waals surface area (Å²) >= 11 is 13.1. The van der Waals surface area contributed by atoms with Crippen molar-refractivity contribution in [3.8, 4) is 0 Å². The highest BCUT2D eigenvalue weighted by Gasteiger charge is 2.20. The Morgan fingerprint density at radius 1 is 1.11 bits per heavy atom. The Bertz CT molecular complexity index is 816. The lowest BCUT2D eigenvalue weighted by Gasteiger charge is -2.32. The van der Waals surface area contributed by atoms with Gasteiger partial charge >= 0.3 is 6.03 Å². The van der Waals surface area contributed by atoms with Gasteiger partial charge in [-0.2, -0.15) is 0 Å². The highest BCUT2D eigenvalue weighted by atomic mass is 35.5. The van der Waals surface area contributed by atoms with Crippen molar-refractivity contribution < 1.29 is 9.59 Å². The zero-order valence-electron chi connectivity index (χ0n) is 14.7. The molecule has 27 heavy (non-hydrogen) atoms. The molecule has 0 unspecified atom stereocenters.